The molecule has 0 unspecified atom stereocenters. The number of aromatic nitrogens is 4. The maximum Gasteiger partial charge on any atom is 0.376 e. The van der Waals surface area contributed by atoms with Gasteiger partial charge in [-0.2, -0.15) is 0 Å². The summed E-state index contributed by atoms with van der Waals surface area (Å²) < 4.78 is 5.02. The molecule has 0 atom stereocenters. The van der Waals surface area contributed by atoms with Crippen LogP contribution < -0.4 is 0 Å². The van der Waals surface area contributed by atoms with E-state index < -0.39 is 5.97 Å². The fourth-order valence-corrected chi connectivity index (χ4v) is 1.61. The number of nitrogens with one attached hydrogen (secondary N) is 1. The highest BCUT2D eigenvalue weighted by atomic mass is 79.9. The van der Waals surface area contributed by atoms with Crippen LogP contribution >= 0.6 is 15.9 Å². The number of rotatable bonds is 1. The highest BCUT2D eigenvalue weighted by molar-refractivity contribution is 9.10. The van der Waals surface area contributed by atoms with Gasteiger partial charge in [0.2, 0.25) is 5.82 Å². The van der Waals surface area contributed by atoms with E-state index in [-0.39, 0.29) is 5.82 Å². The zero-order valence-electron chi connectivity index (χ0n) is 8.04. The summed E-state index contributed by atoms with van der Waals surface area (Å²) in [5.41, 5.74) is 1.11. The predicted octanol–water partition coefficient (Wildman–Crippen LogP) is 1.21. The molecule has 0 amide bonds. The van der Waals surface area contributed by atoms with Gasteiger partial charge in [-0.3, -0.25) is 0 Å². The lowest BCUT2D eigenvalue weighted by molar-refractivity contribution is 0.0587. The number of hydrogen-bond donors (Lipinski definition) is 1. The number of esters is 1. The van der Waals surface area contributed by atoms with Gasteiger partial charge in [-0.05, 0) is 22.9 Å². The summed E-state index contributed by atoms with van der Waals surface area (Å²) in [6.45, 7) is 1.80. The standard InChI is InChI=1S/C8H7BrN4O2/c1-3-10-4-5(9)12-7(8(14)15-2)13-6(4)11-3/h1-2H3,(H,10,11,12,13). The van der Waals surface area contributed by atoms with Gasteiger partial charge < -0.3 is 9.72 Å². The number of methoxy groups -OCH3 is 1. The molecule has 0 aliphatic carbocycles. The van der Waals surface area contributed by atoms with Crippen LogP contribution in [0.2, 0.25) is 0 Å². The van der Waals surface area contributed by atoms with Crippen LogP contribution in [-0.2, 0) is 4.74 Å². The predicted molar refractivity (Wildman–Crippen MR) is 55.5 cm³/mol. The topological polar surface area (TPSA) is 80.8 Å². The molecule has 6 nitrogen and oxygen atoms in total. The first kappa shape index (κ1) is 10.0. The van der Waals surface area contributed by atoms with Crippen LogP contribution in [-0.4, -0.2) is 33.0 Å². The molecule has 7 heteroatoms. The number of H-pyrrole nitrogens is 1. The molecule has 78 valence electrons. The first-order valence-corrected chi connectivity index (χ1v) is 4.89. The van der Waals surface area contributed by atoms with Crippen LogP contribution in [0, 0.1) is 6.92 Å². The van der Waals surface area contributed by atoms with E-state index in [0.29, 0.717) is 21.6 Å². The maximum atomic E-state index is 11.2. The lowest BCUT2D eigenvalue weighted by Crippen LogP contribution is -2.07. The smallest absolute Gasteiger partial charge is 0.376 e. The number of nitrogens with zero attached hydrogens (tertiary/aromatic N) is 3. The molecule has 2 rings (SSSR count). The van der Waals surface area contributed by atoms with E-state index >= 15 is 0 Å². The Kier molecular flexibility index (Phi) is 2.39. The summed E-state index contributed by atoms with van der Waals surface area (Å²) in [4.78, 5) is 26.2. The van der Waals surface area contributed by atoms with Crippen molar-refractivity contribution in [2.24, 2.45) is 0 Å². The molecular weight excluding hydrogens is 264 g/mol. The number of aryl methyl sites for hydroxylation is 1. The molecule has 15 heavy (non-hydrogen) atoms. The monoisotopic (exact) mass is 270 g/mol. The third kappa shape index (κ3) is 1.70. The van der Waals surface area contributed by atoms with Gasteiger partial charge in [-0.15, -0.1) is 0 Å². The van der Waals surface area contributed by atoms with E-state index in [0.717, 1.165) is 0 Å². The van der Waals surface area contributed by atoms with Crippen molar-refractivity contribution in [1.82, 2.24) is 19.9 Å². The molecule has 0 saturated carbocycles. The number of carbonyl (C=O) groups is 1. The van der Waals surface area contributed by atoms with Crippen LogP contribution in [0.3, 0.4) is 0 Å². The Hall–Kier alpha value is -1.50. The lowest BCUT2D eigenvalue weighted by Gasteiger charge is -1.98. The summed E-state index contributed by atoms with van der Waals surface area (Å²) in [5.74, 6) is 0.114. The van der Waals surface area contributed by atoms with Gasteiger partial charge in [0.1, 0.15) is 15.9 Å². The SMILES string of the molecule is COC(=O)c1nc(Br)c2[nH]c(C)nc2n1. The maximum absolute atomic E-state index is 11.2. The van der Waals surface area contributed by atoms with Gasteiger partial charge in [0.05, 0.1) is 7.11 Å². The van der Waals surface area contributed by atoms with Crippen molar-refractivity contribution in [3.8, 4) is 0 Å². The van der Waals surface area contributed by atoms with Crippen LogP contribution in [0.5, 0.6) is 0 Å². The van der Waals surface area contributed by atoms with Gasteiger partial charge in [-0.1, -0.05) is 0 Å². The molecule has 0 bridgehead atoms. The molecule has 2 heterocycles. The average molecular weight is 271 g/mol. The van der Waals surface area contributed by atoms with Crippen LogP contribution in [0.25, 0.3) is 11.2 Å². The number of carbonyl (C=O) groups excluding carboxylic acids is 1. The van der Waals surface area contributed by atoms with E-state index in [4.69, 9.17) is 0 Å². The summed E-state index contributed by atoms with van der Waals surface area (Å²) in [6.07, 6.45) is 0. The molecule has 0 spiro atoms. The molecule has 0 fully saturated rings. The number of ether oxygens (including phenoxy) is 1. The van der Waals surface area contributed by atoms with Gasteiger partial charge in [0, 0.05) is 0 Å². The van der Waals surface area contributed by atoms with E-state index in [1.165, 1.54) is 7.11 Å². The molecule has 2 aromatic rings. The molecule has 0 radical (unpaired) electrons. The van der Waals surface area contributed by atoms with Crippen molar-refractivity contribution in [2.45, 2.75) is 6.92 Å². The first-order chi connectivity index (χ1) is 7.11. The zero-order chi connectivity index (χ0) is 11.0. The summed E-state index contributed by atoms with van der Waals surface area (Å²) in [6, 6.07) is 0. The van der Waals surface area contributed by atoms with Gasteiger partial charge in [0.15, 0.2) is 5.65 Å². The van der Waals surface area contributed by atoms with Crippen LogP contribution in [0.15, 0.2) is 4.60 Å². The Morgan fingerprint density at radius 3 is 2.80 bits per heavy atom. The summed E-state index contributed by atoms with van der Waals surface area (Å²) >= 11 is 3.23. The van der Waals surface area contributed by atoms with E-state index in [2.05, 4.69) is 40.6 Å². The van der Waals surface area contributed by atoms with Crippen LogP contribution in [0.4, 0.5) is 0 Å². The fourth-order valence-electron chi connectivity index (χ4n) is 1.16. The van der Waals surface area contributed by atoms with Crippen molar-refractivity contribution in [3.63, 3.8) is 0 Å². The number of aromatic amines is 1. The Bertz CT molecular complexity index is 537. The first-order valence-electron chi connectivity index (χ1n) is 4.10. The second kappa shape index (κ2) is 3.58. The van der Waals surface area contributed by atoms with Crippen molar-refractivity contribution in [1.29, 1.82) is 0 Å². The molecule has 0 aliphatic heterocycles. The Morgan fingerprint density at radius 1 is 1.40 bits per heavy atom. The lowest BCUT2D eigenvalue weighted by atomic mass is 10.5. The quantitative estimate of drug-likeness (QED) is 0.622. The highest BCUT2D eigenvalue weighted by Crippen LogP contribution is 2.18. The zero-order valence-corrected chi connectivity index (χ0v) is 9.62. The molecule has 0 saturated heterocycles. The van der Waals surface area contributed by atoms with Crippen molar-refractivity contribution in [2.75, 3.05) is 7.11 Å². The van der Waals surface area contributed by atoms with Crippen molar-refractivity contribution >= 4 is 33.1 Å². The van der Waals surface area contributed by atoms with E-state index in [9.17, 15) is 4.79 Å². The second-order valence-corrected chi connectivity index (χ2v) is 3.60. The number of hydrogen-bond acceptors (Lipinski definition) is 5. The fraction of sp³-hybridized carbons (Fsp3) is 0.250. The number of imidazole rings is 1. The molecule has 0 aliphatic rings. The van der Waals surface area contributed by atoms with E-state index in [1.54, 1.807) is 6.92 Å². The largest absolute Gasteiger partial charge is 0.463 e. The number of halogens is 1. The van der Waals surface area contributed by atoms with Crippen molar-refractivity contribution in [3.05, 3.63) is 16.3 Å². The molecule has 1 N–H and O–H groups in total. The minimum absolute atomic E-state index is 0.0108. The minimum atomic E-state index is -0.585. The second-order valence-electron chi connectivity index (χ2n) is 2.85. The summed E-state index contributed by atoms with van der Waals surface area (Å²) in [5, 5.41) is 0. The minimum Gasteiger partial charge on any atom is -0.463 e. The van der Waals surface area contributed by atoms with Crippen LogP contribution in [0.1, 0.15) is 16.4 Å². The van der Waals surface area contributed by atoms with Gasteiger partial charge in [-0.25, -0.2) is 19.7 Å². The Balaban J connectivity index is 2.66. The molecule has 0 aromatic carbocycles. The Labute approximate surface area is 93.2 Å². The van der Waals surface area contributed by atoms with Crippen molar-refractivity contribution < 1.29 is 9.53 Å². The Morgan fingerprint density at radius 2 is 2.13 bits per heavy atom. The highest BCUT2D eigenvalue weighted by Gasteiger charge is 2.15. The van der Waals surface area contributed by atoms with Gasteiger partial charge in [0.25, 0.3) is 0 Å². The van der Waals surface area contributed by atoms with Gasteiger partial charge >= 0.3 is 5.97 Å². The number of fused-ring (bicyclic) bond motifs is 1. The third-order valence-electron chi connectivity index (χ3n) is 1.79. The molecular formula is C8H7BrN4O2. The normalized spacial score (nSPS) is 10.6. The average Bonchev–Trinajstić information content (AvgIpc) is 2.58. The molecule has 2 aromatic heterocycles. The van der Waals surface area contributed by atoms with E-state index in [1.807, 2.05) is 0 Å². The third-order valence-corrected chi connectivity index (χ3v) is 2.37. The summed E-state index contributed by atoms with van der Waals surface area (Å²) in [7, 11) is 1.28.